The molecule has 3 rings (SSSR count). The fourth-order valence-electron chi connectivity index (χ4n) is 2.61. The number of nitriles is 1. The number of fused-ring (bicyclic) bond motifs is 1. The Morgan fingerprint density at radius 2 is 2.21 bits per heavy atom. The number of anilines is 1. The highest BCUT2D eigenvalue weighted by Gasteiger charge is 2.26. The van der Waals surface area contributed by atoms with Crippen LogP contribution in [0.15, 0.2) is 30.5 Å². The van der Waals surface area contributed by atoms with Crippen molar-refractivity contribution in [1.29, 1.82) is 5.26 Å². The van der Waals surface area contributed by atoms with Crippen LogP contribution in [0.3, 0.4) is 0 Å². The molecule has 2 aromatic rings. The van der Waals surface area contributed by atoms with Crippen molar-refractivity contribution in [3.63, 3.8) is 0 Å². The third kappa shape index (κ3) is 1.92. The average molecular weight is 252 g/mol. The van der Waals surface area contributed by atoms with Crippen LogP contribution >= 0.6 is 0 Å². The second kappa shape index (κ2) is 4.87. The lowest BCUT2D eigenvalue weighted by Gasteiger charge is -2.40. The van der Waals surface area contributed by atoms with E-state index in [1.807, 2.05) is 24.3 Å². The van der Waals surface area contributed by atoms with Gasteiger partial charge >= 0.3 is 0 Å². The number of benzene rings is 1. The van der Waals surface area contributed by atoms with Gasteiger partial charge in [0.2, 0.25) is 0 Å². The summed E-state index contributed by atoms with van der Waals surface area (Å²) in [6.45, 7) is 4.99. The molecule has 4 heteroatoms. The summed E-state index contributed by atoms with van der Waals surface area (Å²) in [7, 11) is 0. The largest absolute Gasteiger partial charge is 0.365 e. The van der Waals surface area contributed by atoms with Gasteiger partial charge in [-0.05, 0) is 13.0 Å². The molecule has 96 valence electrons. The normalized spacial score (nSPS) is 14.9. The van der Waals surface area contributed by atoms with Gasteiger partial charge in [-0.25, -0.2) is 0 Å². The van der Waals surface area contributed by atoms with Crippen LogP contribution < -0.4 is 10.2 Å². The van der Waals surface area contributed by atoms with Crippen LogP contribution in [0.2, 0.25) is 0 Å². The Kier molecular flexibility index (Phi) is 3.06. The standard InChI is InChI=1S/C15H16N4/c1-2-19(12-9-17-10-12)15-11(7-16)8-18-14-6-4-3-5-13(14)15/h3-6,8,12,17H,2,9-10H2,1H3. The third-order valence-corrected chi connectivity index (χ3v) is 3.70. The molecule has 1 aliphatic heterocycles. The third-order valence-electron chi connectivity index (χ3n) is 3.70. The fourth-order valence-corrected chi connectivity index (χ4v) is 2.61. The van der Waals surface area contributed by atoms with Crippen molar-refractivity contribution in [2.45, 2.75) is 13.0 Å². The summed E-state index contributed by atoms with van der Waals surface area (Å²) < 4.78 is 0. The molecule has 0 saturated carbocycles. The highest BCUT2D eigenvalue weighted by molar-refractivity contribution is 5.94. The van der Waals surface area contributed by atoms with Gasteiger partial charge in [-0.15, -0.1) is 0 Å². The summed E-state index contributed by atoms with van der Waals surface area (Å²) in [4.78, 5) is 6.69. The van der Waals surface area contributed by atoms with Crippen LogP contribution in [0.4, 0.5) is 5.69 Å². The van der Waals surface area contributed by atoms with Gasteiger partial charge in [0.1, 0.15) is 6.07 Å². The van der Waals surface area contributed by atoms with Gasteiger partial charge in [-0.3, -0.25) is 4.98 Å². The number of likely N-dealkylation sites (N-methyl/N-ethyl adjacent to an activating group) is 1. The van der Waals surface area contributed by atoms with Crippen molar-refractivity contribution in [3.05, 3.63) is 36.0 Å². The first-order valence-corrected chi connectivity index (χ1v) is 6.60. The zero-order chi connectivity index (χ0) is 13.2. The zero-order valence-corrected chi connectivity index (χ0v) is 10.9. The maximum Gasteiger partial charge on any atom is 0.103 e. The minimum Gasteiger partial charge on any atom is -0.365 e. The molecule has 19 heavy (non-hydrogen) atoms. The lowest BCUT2D eigenvalue weighted by molar-refractivity contribution is 0.418. The van der Waals surface area contributed by atoms with Gasteiger partial charge in [0.25, 0.3) is 0 Å². The minimum absolute atomic E-state index is 0.475. The number of hydrogen-bond donors (Lipinski definition) is 1. The molecule has 1 aliphatic rings. The van der Waals surface area contributed by atoms with E-state index in [9.17, 15) is 5.26 Å². The Balaban J connectivity index is 2.21. The molecule has 0 radical (unpaired) electrons. The van der Waals surface area contributed by atoms with E-state index in [0.29, 0.717) is 11.6 Å². The number of nitrogens with one attached hydrogen (secondary N) is 1. The monoisotopic (exact) mass is 252 g/mol. The van der Waals surface area contributed by atoms with E-state index in [0.717, 1.165) is 36.2 Å². The second-order valence-corrected chi connectivity index (χ2v) is 4.75. The number of hydrogen-bond acceptors (Lipinski definition) is 4. The number of aromatic nitrogens is 1. The van der Waals surface area contributed by atoms with Gasteiger partial charge in [0, 0.05) is 31.2 Å². The second-order valence-electron chi connectivity index (χ2n) is 4.75. The molecule has 1 fully saturated rings. The van der Waals surface area contributed by atoms with E-state index >= 15 is 0 Å². The summed E-state index contributed by atoms with van der Waals surface area (Å²) in [5.74, 6) is 0. The van der Waals surface area contributed by atoms with Crippen LogP contribution in [0.1, 0.15) is 12.5 Å². The van der Waals surface area contributed by atoms with Gasteiger partial charge in [0.05, 0.1) is 22.8 Å². The molecule has 2 heterocycles. The van der Waals surface area contributed by atoms with Gasteiger partial charge < -0.3 is 10.2 Å². The molecule has 1 aromatic heterocycles. The Labute approximate surface area is 112 Å². The Morgan fingerprint density at radius 1 is 1.42 bits per heavy atom. The molecular formula is C15H16N4. The van der Waals surface area contributed by atoms with E-state index in [2.05, 4.69) is 28.2 Å². The van der Waals surface area contributed by atoms with E-state index in [1.165, 1.54) is 0 Å². The minimum atomic E-state index is 0.475. The van der Waals surface area contributed by atoms with Crippen molar-refractivity contribution in [2.75, 3.05) is 24.5 Å². The molecule has 4 nitrogen and oxygen atoms in total. The first kappa shape index (κ1) is 11.9. The van der Waals surface area contributed by atoms with Gasteiger partial charge in [0.15, 0.2) is 0 Å². The molecule has 0 aliphatic carbocycles. The van der Waals surface area contributed by atoms with Crippen molar-refractivity contribution in [3.8, 4) is 6.07 Å². The van der Waals surface area contributed by atoms with Crippen molar-refractivity contribution in [2.24, 2.45) is 0 Å². The Hall–Kier alpha value is -2.12. The molecule has 1 saturated heterocycles. The summed E-state index contributed by atoms with van der Waals surface area (Å²) in [5, 5.41) is 13.7. The van der Waals surface area contributed by atoms with Gasteiger partial charge in [-0.1, -0.05) is 18.2 Å². The molecule has 1 N–H and O–H groups in total. The number of nitrogens with zero attached hydrogens (tertiary/aromatic N) is 3. The van der Waals surface area contributed by atoms with Crippen LogP contribution in [-0.4, -0.2) is 30.7 Å². The molecule has 0 spiro atoms. The SMILES string of the molecule is CCN(c1c(C#N)cnc2ccccc12)C1CNC1. The van der Waals surface area contributed by atoms with Gasteiger partial charge in [-0.2, -0.15) is 5.26 Å². The zero-order valence-electron chi connectivity index (χ0n) is 10.9. The first-order valence-electron chi connectivity index (χ1n) is 6.60. The van der Waals surface area contributed by atoms with Crippen molar-refractivity contribution in [1.82, 2.24) is 10.3 Å². The predicted molar refractivity (Wildman–Crippen MR) is 76.1 cm³/mol. The van der Waals surface area contributed by atoms with Crippen LogP contribution in [-0.2, 0) is 0 Å². The molecule has 1 aromatic carbocycles. The molecule has 0 amide bonds. The summed E-state index contributed by atoms with van der Waals surface area (Å²) in [6.07, 6.45) is 1.69. The Morgan fingerprint density at radius 3 is 2.84 bits per heavy atom. The van der Waals surface area contributed by atoms with Crippen LogP contribution in [0.5, 0.6) is 0 Å². The predicted octanol–water partition coefficient (Wildman–Crippen LogP) is 1.90. The summed E-state index contributed by atoms with van der Waals surface area (Å²) in [6, 6.07) is 10.8. The van der Waals surface area contributed by atoms with E-state index in [4.69, 9.17) is 0 Å². The van der Waals surface area contributed by atoms with Crippen molar-refractivity contribution < 1.29 is 0 Å². The smallest absolute Gasteiger partial charge is 0.103 e. The van der Waals surface area contributed by atoms with E-state index < -0.39 is 0 Å². The number of pyridine rings is 1. The molecule has 0 unspecified atom stereocenters. The lowest BCUT2D eigenvalue weighted by atomic mass is 10.0. The highest BCUT2D eigenvalue weighted by Crippen LogP contribution is 2.31. The van der Waals surface area contributed by atoms with E-state index in [1.54, 1.807) is 6.20 Å². The quantitative estimate of drug-likeness (QED) is 0.906. The van der Waals surface area contributed by atoms with Crippen molar-refractivity contribution >= 4 is 16.6 Å². The average Bonchev–Trinajstić information content (AvgIpc) is 2.41. The maximum absolute atomic E-state index is 9.36. The maximum atomic E-state index is 9.36. The molecular weight excluding hydrogens is 236 g/mol. The topological polar surface area (TPSA) is 52.0 Å². The number of para-hydroxylation sites is 1. The molecule has 0 atom stereocenters. The van der Waals surface area contributed by atoms with Crippen LogP contribution in [0, 0.1) is 11.3 Å². The highest BCUT2D eigenvalue weighted by atomic mass is 15.2. The Bertz CT molecular complexity index is 640. The summed E-state index contributed by atoms with van der Waals surface area (Å²) >= 11 is 0. The van der Waals surface area contributed by atoms with Crippen LogP contribution in [0.25, 0.3) is 10.9 Å². The van der Waals surface area contributed by atoms with E-state index in [-0.39, 0.29) is 0 Å². The fraction of sp³-hybridized carbons (Fsp3) is 0.333. The number of rotatable bonds is 3. The first-order chi connectivity index (χ1) is 9.35. The summed E-state index contributed by atoms with van der Waals surface area (Å²) in [5.41, 5.74) is 2.64. The lowest BCUT2D eigenvalue weighted by Crippen LogP contribution is -2.57. The molecule has 0 bridgehead atoms.